The van der Waals surface area contributed by atoms with E-state index in [9.17, 15) is 5.11 Å². The van der Waals surface area contributed by atoms with Crippen LogP contribution in [0.5, 0.6) is 0 Å². The minimum absolute atomic E-state index is 0.126. The maximum Gasteiger partial charge on any atom is 0.0667 e. The molecule has 3 nitrogen and oxygen atoms in total. The Hall–Kier alpha value is -1.06. The van der Waals surface area contributed by atoms with Crippen molar-refractivity contribution >= 4 is 5.69 Å². The van der Waals surface area contributed by atoms with Gasteiger partial charge in [-0.1, -0.05) is 12.1 Å². The number of nitrogens with zero attached hydrogens (tertiary/aromatic N) is 2. The van der Waals surface area contributed by atoms with Crippen LogP contribution in [0.4, 0.5) is 5.69 Å². The fourth-order valence-corrected chi connectivity index (χ4v) is 3.15. The van der Waals surface area contributed by atoms with Gasteiger partial charge in [-0.25, -0.2) is 0 Å². The second-order valence-electron chi connectivity index (χ2n) is 5.67. The standard InChI is InChI=1S/C15H22N2O/c1-16-8-6-13-9-12(4-5-15(13)16)10-17-7-2-3-14(18)11-17/h4-5,9,14,18H,2-3,6-8,10-11H2,1H3. The van der Waals surface area contributed by atoms with Crippen molar-refractivity contribution in [2.24, 2.45) is 0 Å². The van der Waals surface area contributed by atoms with Crippen LogP contribution in [0.15, 0.2) is 18.2 Å². The van der Waals surface area contributed by atoms with Crippen LogP contribution in [-0.2, 0) is 13.0 Å². The maximum absolute atomic E-state index is 9.70. The van der Waals surface area contributed by atoms with Gasteiger partial charge in [-0.3, -0.25) is 4.90 Å². The number of hydrogen-bond acceptors (Lipinski definition) is 3. The van der Waals surface area contributed by atoms with Gasteiger partial charge in [-0.2, -0.15) is 0 Å². The zero-order valence-electron chi connectivity index (χ0n) is 11.1. The molecule has 98 valence electrons. The van der Waals surface area contributed by atoms with Crippen LogP contribution >= 0.6 is 0 Å². The first-order valence-electron chi connectivity index (χ1n) is 6.96. The summed E-state index contributed by atoms with van der Waals surface area (Å²) in [7, 11) is 2.16. The zero-order valence-corrected chi connectivity index (χ0v) is 11.1. The second-order valence-corrected chi connectivity index (χ2v) is 5.67. The van der Waals surface area contributed by atoms with E-state index < -0.39 is 0 Å². The largest absolute Gasteiger partial charge is 0.392 e. The summed E-state index contributed by atoms with van der Waals surface area (Å²) in [6.07, 6.45) is 3.13. The summed E-state index contributed by atoms with van der Waals surface area (Å²) in [6, 6.07) is 6.83. The van der Waals surface area contributed by atoms with Gasteiger partial charge in [0.2, 0.25) is 0 Å². The molecular weight excluding hydrogens is 224 g/mol. The number of aliphatic hydroxyl groups excluding tert-OH is 1. The first-order valence-corrected chi connectivity index (χ1v) is 6.96. The molecule has 1 N–H and O–H groups in total. The van der Waals surface area contributed by atoms with E-state index in [1.54, 1.807) is 0 Å². The van der Waals surface area contributed by atoms with Crippen molar-refractivity contribution in [2.75, 3.05) is 31.6 Å². The SMILES string of the molecule is CN1CCc2cc(CN3CCCC(O)C3)ccc21. The van der Waals surface area contributed by atoms with Crippen LogP contribution in [0.1, 0.15) is 24.0 Å². The summed E-state index contributed by atoms with van der Waals surface area (Å²) in [5.41, 5.74) is 4.25. The number of β-amino-alcohol motifs (C(OH)–C–C–N with tert-alkyl or cyclic N) is 1. The first-order chi connectivity index (χ1) is 8.72. The Labute approximate surface area is 109 Å². The third-order valence-electron chi connectivity index (χ3n) is 4.16. The number of aliphatic hydroxyl groups is 1. The van der Waals surface area contributed by atoms with E-state index in [-0.39, 0.29) is 6.10 Å². The van der Waals surface area contributed by atoms with Crippen molar-refractivity contribution in [3.8, 4) is 0 Å². The van der Waals surface area contributed by atoms with E-state index >= 15 is 0 Å². The summed E-state index contributed by atoms with van der Waals surface area (Å²) >= 11 is 0. The Morgan fingerprint density at radius 2 is 2.22 bits per heavy atom. The van der Waals surface area contributed by atoms with E-state index in [4.69, 9.17) is 0 Å². The van der Waals surface area contributed by atoms with Gasteiger partial charge in [-0.15, -0.1) is 0 Å². The van der Waals surface area contributed by atoms with Gasteiger partial charge in [-0.05, 0) is 43.0 Å². The molecule has 1 fully saturated rings. The zero-order chi connectivity index (χ0) is 12.5. The lowest BCUT2D eigenvalue weighted by atomic mass is 10.1. The van der Waals surface area contributed by atoms with Crippen molar-refractivity contribution in [3.05, 3.63) is 29.3 Å². The minimum atomic E-state index is -0.126. The van der Waals surface area contributed by atoms with Gasteiger partial charge in [0, 0.05) is 32.4 Å². The summed E-state index contributed by atoms with van der Waals surface area (Å²) in [5, 5.41) is 9.70. The average molecular weight is 246 g/mol. The molecule has 1 aromatic rings. The van der Waals surface area contributed by atoms with Crippen molar-refractivity contribution in [2.45, 2.75) is 31.9 Å². The normalized spacial score (nSPS) is 24.3. The van der Waals surface area contributed by atoms with Gasteiger partial charge in [0.25, 0.3) is 0 Å². The van der Waals surface area contributed by atoms with E-state index in [1.165, 1.54) is 23.2 Å². The highest BCUT2D eigenvalue weighted by molar-refractivity contribution is 5.58. The number of likely N-dealkylation sites (N-methyl/N-ethyl adjacent to an activating group) is 1. The van der Waals surface area contributed by atoms with Gasteiger partial charge < -0.3 is 10.0 Å². The van der Waals surface area contributed by atoms with Gasteiger partial charge in [0.05, 0.1) is 6.10 Å². The molecule has 0 aliphatic carbocycles. The Kier molecular flexibility index (Phi) is 3.27. The predicted molar refractivity (Wildman–Crippen MR) is 73.9 cm³/mol. The first kappa shape index (κ1) is 12.0. The van der Waals surface area contributed by atoms with Crippen LogP contribution in [0, 0.1) is 0 Å². The lowest BCUT2D eigenvalue weighted by Crippen LogP contribution is -2.37. The number of rotatable bonds is 2. The Bertz CT molecular complexity index is 433. The van der Waals surface area contributed by atoms with Crippen molar-refractivity contribution in [1.82, 2.24) is 4.90 Å². The Morgan fingerprint density at radius 1 is 1.33 bits per heavy atom. The topological polar surface area (TPSA) is 26.7 Å². The molecule has 2 aliphatic rings. The lowest BCUT2D eigenvalue weighted by Gasteiger charge is -2.30. The highest BCUT2D eigenvalue weighted by Crippen LogP contribution is 2.28. The smallest absolute Gasteiger partial charge is 0.0667 e. The molecule has 3 rings (SSSR count). The summed E-state index contributed by atoms with van der Waals surface area (Å²) in [4.78, 5) is 4.69. The van der Waals surface area contributed by atoms with Gasteiger partial charge in [0.1, 0.15) is 0 Å². The summed E-state index contributed by atoms with van der Waals surface area (Å²) < 4.78 is 0. The number of hydrogen-bond donors (Lipinski definition) is 1. The molecule has 0 aromatic heterocycles. The van der Waals surface area contributed by atoms with Crippen LogP contribution in [0.3, 0.4) is 0 Å². The van der Waals surface area contributed by atoms with Crippen LogP contribution in [-0.4, -0.2) is 42.8 Å². The third kappa shape index (κ3) is 2.38. The number of likely N-dealkylation sites (tertiary alicyclic amines) is 1. The molecule has 0 amide bonds. The molecule has 1 saturated heterocycles. The van der Waals surface area contributed by atoms with E-state index in [1.807, 2.05) is 0 Å². The fraction of sp³-hybridized carbons (Fsp3) is 0.600. The molecule has 0 bridgehead atoms. The molecule has 0 spiro atoms. The molecule has 0 radical (unpaired) electrons. The average Bonchev–Trinajstić information content (AvgIpc) is 2.71. The van der Waals surface area contributed by atoms with Crippen LogP contribution in [0.25, 0.3) is 0 Å². The summed E-state index contributed by atoms with van der Waals surface area (Å²) in [6.45, 7) is 4.07. The fourth-order valence-electron chi connectivity index (χ4n) is 3.15. The molecule has 0 saturated carbocycles. The number of fused-ring (bicyclic) bond motifs is 1. The highest BCUT2D eigenvalue weighted by Gasteiger charge is 2.19. The molecule has 1 aromatic carbocycles. The monoisotopic (exact) mass is 246 g/mol. The maximum atomic E-state index is 9.70. The highest BCUT2D eigenvalue weighted by atomic mass is 16.3. The second kappa shape index (κ2) is 4.90. The predicted octanol–water partition coefficient (Wildman–Crippen LogP) is 1.64. The molecule has 1 atom stereocenters. The van der Waals surface area contributed by atoms with E-state index in [0.717, 1.165) is 39.0 Å². The number of piperidine rings is 1. The van der Waals surface area contributed by atoms with E-state index in [2.05, 4.69) is 35.0 Å². The van der Waals surface area contributed by atoms with Crippen LogP contribution < -0.4 is 4.90 Å². The van der Waals surface area contributed by atoms with Gasteiger partial charge >= 0.3 is 0 Å². The van der Waals surface area contributed by atoms with Crippen molar-refractivity contribution in [1.29, 1.82) is 0 Å². The molecule has 2 aliphatic heterocycles. The quantitative estimate of drug-likeness (QED) is 0.859. The molecule has 3 heteroatoms. The Morgan fingerprint density at radius 3 is 3.06 bits per heavy atom. The minimum Gasteiger partial charge on any atom is -0.392 e. The van der Waals surface area contributed by atoms with Crippen molar-refractivity contribution < 1.29 is 5.11 Å². The van der Waals surface area contributed by atoms with Crippen molar-refractivity contribution in [3.63, 3.8) is 0 Å². The third-order valence-corrected chi connectivity index (χ3v) is 4.16. The van der Waals surface area contributed by atoms with Gasteiger partial charge in [0.15, 0.2) is 0 Å². The molecule has 18 heavy (non-hydrogen) atoms. The summed E-state index contributed by atoms with van der Waals surface area (Å²) in [5.74, 6) is 0. The lowest BCUT2D eigenvalue weighted by molar-refractivity contribution is 0.0668. The van der Waals surface area contributed by atoms with E-state index in [0.29, 0.717) is 0 Å². The molecule has 1 unspecified atom stereocenters. The molecular formula is C15H22N2O. The number of benzene rings is 1. The Balaban J connectivity index is 1.70. The van der Waals surface area contributed by atoms with Crippen LogP contribution in [0.2, 0.25) is 0 Å². The molecule has 2 heterocycles. The number of anilines is 1.